The Morgan fingerprint density at radius 3 is 2.11 bits per heavy atom. The van der Waals surface area contributed by atoms with Gasteiger partial charge in [-0.25, -0.2) is 9.80 Å². The quantitative estimate of drug-likeness (QED) is 0.677. The van der Waals surface area contributed by atoms with Gasteiger partial charge < -0.3 is 5.32 Å². The van der Waals surface area contributed by atoms with E-state index >= 15 is 0 Å². The molecular weight excluding hydrogens is 395 g/mol. The van der Waals surface area contributed by atoms with E-state index in [1.165, 1.54) is 42.5 Å². The van der Waals surface area contributed by atoms with E-state index in [2.05, 4.69) is 10.7 Å². The number of carbonyl (C=O) groups is 4. The fourth-order valence-electron chi connectivity index (χ4n) is 2.31. The average molecular weight is 407 g/mol. The largest absolute Gasteiger partial charge is 0.343 e. The summed E-state index contributed by atoms with van der Waals surface area (Å²) < 4.78 is 0. The number of urea groups is 1. The van der Waals surface area contributed by atoms with E-state index in [1.807, 2.05) is 5.32 Å². The first-order valence-corrected chi connectivity index (χ1v) is 8.37. The summed E-state index contributed by atoms with van der Waals surface area (Å²) in [5.74, 6) is -1.48. The first-order chi connectivity index (χ1) is 12.8. The molecule has 3 N–H and O–H groups in total. The second-order valence-corrected chi connectivity index (χ2v) is 6.44. The van der Waals surface area contributed by atoms with Crippen molar-refractivity contribution in [2.45, 2.75) is 0 Å². The number of rotatable bonds is 4. The molecule has 0 aromatic heterocycles. The van der Waals surface area contributed by atoms with Gasteiger partial charge >= 0.3 is 6.03 Å². The van der Waals surface area contributed by atoms with E-state index < -0.39 is 23.8 Å². The molecule has 0 bridgehead atoms. The Kier molecular flexibility index (Phi) is 5.29. The van der Waals surface area contributed by atoms with E-state index in [9.17, 15) is 19.2 Å². The van der Waals surface area contributed by atoms with Crippen molar-refractivity contribution in [2.75, 3.05) is 11.9 Å². The normalized spacial score (nSPS) is 13.3. The summed E-state index contributed by atoms with van der Waals surface area (Å²) in [6.07, 6.45) is 0. The Balaban J connectivity index is 1.64. The van der Waals surface area contributed by atoms with Crippen molar-refractivity contribution in [3.05, 3.63) is 63.6 Å². The number of hydrogen-bond donors (Lipinski definition) is 3. The molecule has 0 aliphatic carbocycles. The highest BCUT2D eigenvalue weighted by Crippen LogP contribution is 2.20. The van der Waals surface area contributed by atoms with Crippen LogP contribution in [0.5, 0.6) is 0 Å². The summed E-state index contributed by atoms with van der Waals surface area (Å²) in [4.78, 5) is 46.9. The predicted octanol–water partition coefficient (Wildman–Crippen LogP) is 2.44. The molecule has 3 rings (SSSR count). The Morgan fingerprint density at radius 2 is 1.56 bits per heavy atom. The number of hydrogen-bond acceptors (Lipinski definition) is 4. The van der Waals surface area contributed by atoms with Gasteiger partial charge in [0.2, 0.25) is 5.91 Å². The number of benzene rings is 2. The van der Waals surface area contributed by atoms with Crippen LogP contribution in [0.4, 0.5) is 10.5 Å². The van der Waals surface area contributed by atoms with Crippen molar-refractivity contribution in [3.8, 4) is 0 Å². The highest BCUT2D eigenvalue weighted by atomic mass is 35.5. The summed E-state index contributed by atoms with van der Waals surface area (Å²) in [6, 6.07) is 9.75. The summed E-state index contributed by atoms with van der Waals surface area (Å²) in [6.45, 7) is -0.249. The zero-order chi connectivity index (χ0) is 19.6. The molecule has 1 fully saturated rings. The van der Waals surface area contributed by atoms with Gasteiger partial charge in [-0.2, -0.15) is 0 Å². The van der Waals surface area contributed by atoms with Crippen molar-refractivity contribution in [1.29, 1.82) is 0 Å². The van der Waals surface area contributed by atoms with E-state index in [-0.39, 0.29) is 12.1 Å². The molecule has 0 atom stereocenters. The Labute approximate surface area is 163 Å². The third-order valence-corrected chi connectivity index (χ3v) is 4.00. The fraction of sp³-hybridized carbons (Fsp3) is 0.0588. The van der Waals surface area contributed by atoms with Gasteiger partial charge in [0, 0.05) is 26.9 Å². The number of amides is 5. The van der Waals surface area contributed by atoms with Crippen LogP contribution in [0.1, 0.15) is 20.7 Å². The molecule has 2 aromatic rings. The highest BCUT2D eigenvalue weighted by molar-refractivity contribution is 6.35. The number of hydrazine groups is 1. The topological polar surface area (TPSA) is 108 Å². The number of carbonyl (C=O) groups excluding carboxylic acids is 4. The van der Waals surface area contributed by atoms with Crippen LogP contribution in [0.3, 0.4) is 0 Å². The SMILES string of the molecule is O=C1CN(NC(=O)c2ccc(NC(=O)c3cc(Cl)cc(Cl)c3)cc2)C(=O)N1. The van der Waals surface area contributed by atoms with Crippen LogP contribution in [-0.2, 0) is 4.79 Å². The van der Waals surface area contributed by atoms with Gasteiger partial charge in [-0.3, -0.25) is 25.1 Å². The molecule has 1 heterocycles. The van der Waals surface area contributed by atoms with Crippen LogP contribution >= 0.6 is 23.2 Å². The van der Waals surface area contributed by atoms with Gasteiger partial charge in [-0.05, 0) is 42.5 Å². The average Bonchev–Trinajstić information content (AvgIpc) is 2.91. The second kappa shape index (κ2) is 7.65. The smallest absolute Gasteiger partial charge is 0.322 e. The van der Waals surface area contributed by atoms with E-state index in [4.69, 9.17) is 23.2 Å². The Morgan fingerprint density at radius 1 is 0.926 bits per heavy atom. The van der Waals surface area contributed by atoms with Crippen molar-refractivity contribution in [1.82, 2.24) is 15.8 Å². The minimum atomic E-state index is -0.697. The molecule has 2 aromatic carbocycles. The minimum Gasteiger partial charge on any atom is -0.322 e. The number of imide groups is 1. The van der Waals surface area contributed by atoms with Crippen molar-refractivity contribution >= 4 is 52.6 Å². The first-order valence-electron chi connectivity index (χ1n) is 7.61. The van der Waals surface area contributed by atoms with Crippen LogP contribution in [0, 0.1) is 0 Å². The zero-order valence-electron chi connectivity index (χ0n) is 13.6. The van der Waals surface area contributed by atoms with E-state index in [1.54, 1.807) is 0 Å². The molecule has 8 nitrogen and oxygen atoms in total. The second-order valence-electron chi connectivity index (χ2n) is 5.57. The number of nitrogens with zero attached hydrogens (tertiary/aromatic N) is 1. The van der Waals surface area contributed by atoms with Gasteiger partial charge in [-0.1, -0.05) is 23.2 Å². The Bertz CT molecular complexity index is 926. The summed E-state index contributed by atoms with van der Waals surface area (Å²) in [5, 5.41) is 6.26. The monoisotopic (exact) mass is 406 g/mol. The lowest BCUT2D eigenvalue weighted by atomic mass is 10.1. The fourth-order valence-corrected chi connectivity index (χ4v) is 2.84. The number of halogens is 2. The van der Waals surface area contributed by atoms with Crippen LogP contribution in [0.15, 0.2) is 42.5 Å². The number of anilines is 1. The molecule has 5 amide bonds. The molecule has 0 saturated carbocycles. The third kappa shape index (κ3) is 4.55. The first kappa shape index (κ1) is 18.7. The standard InChI is InChI=1S/C17H12Cl2N4O4/c18-11-5-10(6-12(19)7-11)15(25)20-13-3-1-9(2-4-13)16(26)22-23-8-14(24)21-17(23)27/h1-7H,8H2,(H,20,25)(H,22,26)(H,21,24,27). The molecular formula is C17H12Cl2N4O4. The van der Waals surface area contributed by atoms with Crippen LogP contribution in [-0.4, -0.2) is 35.3 Å². The van der Waals surface area contributed by atoms with Gasteiger partial charge in [0.05, 0.1) is 0 Å². The highest BCUT2D eigenvalue weighted by Gasteiger charge is 2.28. The van der Waals surface area contributed by atoms with E-state index in [0.717, 1.165) is 5.01 Å². The Hall–Kier alpha value is -3.10. The predicted molar refractivity (Wildman–Crippen MR) is 98.6 cm³/mol. The van der Waals surface area contributed by atoms with Gasteiger partial charge in [-0.15, -0.1) is 0 Å². The molecule has 0 radical (unpaired) electrons. The molecule has 27 heavy (non-hydrogen) atoms. The van der Waals surface area contributed by atoms with Gasteiger partial charge in [0.25, 0.3) is 11.8 Å². The maximum absolute atomic E-state index is 12.2. The maximum atomic E-state index is 12.2. The van der Waals surface area contributed by atoms with Crippen LogP contribution in [0.2, 0.25) is 10.0 Å². The zero-order valence-corrected chi connectivity index (χ0v) is 15.1. The lowest BCUT2D eigenvalue weighted by Gasteiger charge is -2.14. The summed E-state index contributed by atoms with van der Waals surface area (Å²) in [5.41, 5.74) is 3.30. The molecule has 0 unspecified atom stereocenters. The van der Waals surface area contributed by atoms with Crippen molar-refractivity contribution < 1.29 is 19.2 Å². The van der Waals surface area contributed by atoms with Crippen LogP contribution in [0.25, 0.3) is 0 Å². The molecule has 1 aliphatic heterocycles. The molecule has 1 saturated heterocycles. The summed E-state index contributed by atoms with van der Waals surface area (Å²) in [7, 11) is 0. The minimum absolute atomic E-state index is 0.242. The van der Waals surface area contributed by atoms with Crippen molar-refractivity contribution in [3.63, 3.8) is 0 Å². The van der Waals surface area contributed by atoms with Gasteiger partial charge in [0.15, 0.2) is 0 Å². The van der Waals surface area contributed by atoms with E-state index in [0.29, 0.717) is 21.3 Å². The van der Waals surface area contributed by atoms with Crippen LogP contribution < -0.4 is 16.1 Å². The molecule has 10 heteroatoms. The lowest BCUT2D eigenvalue weighted by molar-refractivity contribution is -0.118. The maximum Gasteiger partial charge on any atom is 0.343 e. The van der Waals surface area contributed by atoms with Gasteiger partial charge in [0.1, 0.15) is 6.54 Å². The number of nitrogens with one attached hydrogen (secondary N) is 3. The third-order valence-electron chi connectivity index (χ3n) is 3.56. The molecule has 1 aliphatic rings. The molecule has 0 spiro atoms. The summed E-state index contributed by atoms with van der Waals surface area (Å²) >= 11 is 11.8. The lowest BCUT2D eigenvalue weighted by Crippen LogP contribution is -2.44. The van der Waals surface area contributed by atoms with Crippen molar-refractivity contribution in [2.24, 2.45) is 0 Å². The molecule has 138 valence electrons.